The SMILES string of the molecule is CCCCCCCCCCCCCCCC(=O)C1(N)C=CN([C@@H]2O[C@H](CO)[C@@H](O)[C@@H]2O)C(=O)N1. The second-order valence-corrected chi connectivity index (χ2v) is 9.67. The molecule has 0 aromatic rings. The number of carbonyl (C=O) groups excluding carboxylic acids is 2. The number of aliphatic hydroxyl groups is 3. The molecule has 0 saturated carbocycles. The first-order valence-electron chi connectivity index (χ1n) is 13.1. The Morgan fingerprint density at radius 1 is 1.00 bits per heavy atom. The minimum absolute atomic E-state index is 0.271. The third-order valence-electron chi connectivity index (χ3n) is 6.81. The zero-order chi connectivity index (χ0) is 25.0. The molecule has 2 heterocycles. The maximum Gasteiger partial charge on any atom is 0.325 e. The first kappa shape index (κ1) is 28.7. The van der Waals surface area contributed by atoms with Crippen molar-refractivity contribution < 1.29 is 29.6 Å². The number of hydrogen-bond donors (Lipinski definition) is 5. The van der Waals surface area contributed by atoms with Gasteiger partial charge in [-0.3, -0.25) is 15.4 Å². The Balaban J connectivity index is 1.62. The average Bonchev–Trinajstić information content (AvgIpc) is 3.10. The van der Waals surface area contributed by atoms with Crippen molar-refractivity contribution >= 4 is 11.8 Å². The highest BCUT2D eigenvalue weighted by Gasteiger charge is 2.48. The van der Waals surface area contributed by atoms with Crippen LogP contribution in [-0.2, 0) is 9.53 Å². The fourth-order valence-corrected chi connectivity index (χ4v) is 4.53. The highest BCUT2D eigenvalue weighted by atomic mass is 16.6. The van der Waals surface area contributed by atoms with Crippen molar-refractivity contribution in [2.45, 2.75) is 127 Å². The molecular formula is C25H45N3O6. The second kappa shape index (κ2) is 14.8. The minimum atomic E-state index is -1.61. The van der Waals surface area contributed by atoms with Gasteiger partial charge >= 0.3 is 6.03 Å². The number of Topliss-reactive ketones (excluding diaryl/α,β-unsaturated/α-hetero) is 1. The Labute approximate surface area is 203 Å². The summed E-state index contributed by atoms with van der Waals surface area (Å²) in [7, 11) is 0. The number of nitrogens with two attached hydrogens (primary N) is 1. The Morgan fingerprint density at radius 3 is 2.00 bits per heavy atom. The average molecular weight is 484 g/mol. The van der Waals surface area contributed by atoms with Gasteiger partial charge in [0.05, 0.1) is 6.61 Å². The molecule has 0 aliphatic carbocycles. The molecular weight excluding hydrogens is 438 g/mol. The summed E-state index contributed by atoms with van der Waals surface area (Å²) in [6.07, 6.45) is 13.9. The van der Waals surface area contributed by atoms with Crippen LogP contribution in [0.5, 0.6) is 0 Å². The smallest absolute Gasteiger partial charge is 0.325 e. The van der Waals surface area contributed by atoms with Crippen LogP contribution in [0.1, 0.15) is 96.8 Å². The molecule has 0 aromatic carbocycles. The second-order valence-electron chi connectivity index (χ2n) is 9.67. The summed E-state index contributed by atoms with van der Waals surface area (Å²) in [5, 5.41) is 31.7. The lowest BCUT2D eigenvalue weighted by molar-refractivity contribution is -0.124. The Bertz CT molecular complexity index is 661. The first-order chi connectivity index (χ1) is 16.3. The lowest BCUT2D eigenvalue weighted by Gasteiger charge is -2.36. The van der Waals surface area contributed by atoms with Gasteiger partial charge in [-0.25, -0.2) is 4.79 Å². The predicted octanol–water partition coefficient (Wildman–Crippen LogP) is 2.67. The number of carbonyl (C=O) groups is 2. The number of nitrogens with one attached hydrogen (secondary N) is 1. The van der Waals surface area contributed by atoms with Crippen molar-refractivity contribution in [3.05, 3.63) is 12.3 Å². The molecule has 2 rings (SSSR count). The van der Waals surface area contributed by atoms with Gasteiger partial charge in [0.15, 0.2) is 17.7 Å². The predicted molar refractivity (Wildman–Crippen MR) is 130 cm³/mol. The summed E-state index contributed by atoms with van der Waals surface area (Å²) in [4.78, 5) is 26.2. The first-order valence-corrected chi connectivity index (χ1v) is 13.1. The monoisotopic (exact) mass is 483 g/mol. The van der Waals surface area contributed by atoms with Crippen molar-refractivity contribution in [2.24, 2.45) is 5.73 Å². The number of hydrogen-bond acceptors (Lipinski definition) is 7. The maximum absolute atomic E-state index is 12.6. The summed E-state index contributed by atoms with van der Waals surface area (Å²) >= 11 is 0. The van der Waals surface area contributed by atoms with Crippen LogP contribution in [0.15, 0.2) is 12.3 Å². The molecule has 9 heteroatoms. The molecule has 1 saturated heterocycles. The summed E-state index contributed by atoms with van der Waals surface area (Å²) in [5.74, 6) is -0.277. The van der Waals surface area contributed by atoms with E-state index in [1.165, 1.54) is 76.5 Å². The van der Waals surface area contributed by atoms with Crippen molar-refractivity contribution in [2.75, 3.05) is 6.61 Å². The molecule has 2 amide bonds. The van der Waals surface area contributed by atoms with Crippen LogP contribution < -0.4 is 11.1 Å². The van der Waals surface area contributed by atoms with Gasteiger partial charge in [-0.2, -0.15) is 0 Å². The van der Waals surface area contributed by atoms with Crippen LogP contribution in [0.4, 0.5) is 4.79 Å². The number of nitrogens with zero attached hydrogens (tertiary/aromatic N) is 1. The molecule has 196 valence electrons. The quantitative estimate of drug-likeness (QED) is 0.200. The van der Waals surface area contributed by atoms with E-state index >= 15 is 0 Å². The van der Waals surface area contributed by atoms with Crippen molar-refractivity contribution in [1.29, 1.82) is 0 Å². The third kappa shape index (κ3) is 8.30. The van der Waals surface area contributed by atoms with Crippen LogP contribution in [0.25, 0.3) is 0 Å². The highest BCUT2D eigenvalue weighted by molar-refractivity contribution is 5.95. The molecule has 0 aromatic heterocycles. The summed E-state index contributed by atoms with van der Waals surface area (Å²) in [5.41, 5.74) is 4.52. The largest absolute Gasteiger partial charge is 0.394 e. The maximum atomic E-state index is 12.6. The van der Waals surface area contributed by atoms with E-state index in [0.29, 0.717) is 0 Å². The summed E-state index contributed by atoms with van der Waals surface area (Å²) < 4.78 is 5.36. The molecule has 0 spiro atoms. The van der Waals surface area contributed by atoms with Gasteiger partial charge in [-0.05, 0) is 12.5 Å². The summed E-state index contributed by atoms with van der Waals surface area (Å²) in [6, 6.07) is -0.710. The van der Waals surface area contributed by atoms with E-state index in [-0.39, 0.29) is 12.2 Å². The van der Waals surface area contributed by atoms with E-state index in [2.05, 4.69) is 12.2 Å². The molecule has 5 atom stereocenters. The zero-order valence-corrected chi connectivity index (χ0v) is 20.7. The highest BCUT2D eigenvalue weighted by Crippen LogP contribution is 2.26. The Hall–Kier alpha value is -1.52. The lowest BCUT2D eigenvalue weighted by atomic mass is 9.98. The fourth-order valence-electron chi connectivity index (χ4n) is 4.53. The molecule has 1 fully saturated rings. The van der Waals surface area contributed by atoms with Gasteiger partial charge in [-0.15, -0.1) is 0 Å². The number of amides is 2. The van der Waals surface area contributed by atoms with E-state index in [0.717, 1.165) is 24.2 Å². The van der Waals surface area contributed by atoms with Crippen LogP contribution in [0, 0.1) is 0 Å². The summed E-state index contributed by atoms with van der Waals surface area (Å²) in [6.45, 7) is 1.75. The lowest BCUT2D eigenvalue weighted by Crippen LogP contribution is -2.66. The number of rotatable bonds is 17. The third-order valence-corrected chi connectivity index (χ3v) is 6.81. The number of ether oxygens (including phenoxy) is 1. The number of unbranched alkanes of at least 4 members (excludes halogenated alkanes) is 12. The van der Waals surface area contributed by atoms with Gasteiger partial charge in [0.1, 0.15) is 18.3 Å². The Kier molecular flexibility index (Phi) is 12.5. The van der Waals surface area contributed by atoms with Gasteiger partial charge in [0.2, 0.25) is 0 Å². The standard InChI is InChI=1S/C25H45N3O6/c1-2-3-4-5-6-7-8-9-10-11-12-13-14-15-20(30)25(26)16-17-28(24(33)27-25)23-22(32)21(31)19(18-29)34-23/h16-17,19,21-23,29,31-32H,2-15,18,26H2,1H3,(H,27,33)/t19-,21-,22+,23-,25?/m1/s1. The van der Waals surface area contributed by atoms with Crippen molar-refractivity contribution in [1.82, 2.24) is 10.2 Å². The molecule has 2 aliphatic heterocycles. The van der Waals surface area contributed by atoms with Crippen molar-refractivity contribution in [3.8, 4) is 0 Å². The fraction of sp³-hybridized carbons (Fsp3) is 0.840. The van der Waals surface area contributed by atoms with Crippen LogP contribution in [0.3, 0.4) is 0 Å². The van der Waals surface area contributed by atoms with Gasteiger partial charge in [-0.1, -0.05) is 84.0 Å². The van der Waals surface area contributed by atoms with Crippen LogP contribution in [0.2, 0.25) is 0 Å². The molecule has 0 bridgehead atoms. The van der Waals surface area contributed by atoms with E-state index in [4.69, 9.17) is 10.5 Å². The van der Waals surface area contributed by atoms with E-state index in [1.807, 2.05) is 0 Å². The van der Waals surface area contributed by atoms with E-state index in [1.54, 1.807) is 0 Å². The number of ketones is 1. The molecule has 6 N–H and O–H groups in total. The van der Waals surface area contributed by atoms with Crippen molar-refractivity contribution in [3.63, 3.8) is 0 Å². The molecule has 9 nitrogen and oxygen atoms in total. The van der Waals surface area contributed by atoms with Gasteiger partial charge in [0, 0.05) is 12.6 Å². The minimum Gasteiger partial charge on any atom is -0.394 e. The molecule has 2 aliphatic rings. The van der Waals surface area contributed by atoms with Crippen LogP contribution >= 0.6 is 0 Å². The molecule has 34 heavy (non-hydrogen) atoms. The number of aliphatic hydroxyl groups excluding tert-OH is 3. The Morgan fingerprint density at radius 2 is 1.53 bits per heavy atom. The van der Waals surface area contributed by atoms with Gasteiger partial charge < -0.3 is 25.4 Å². The zero-order valence-electron chi connectivity index (χ0n) is 20.7. The molecule has 1 unspecified atom stereocenters. The molecule has 0 radical (unpaired) electrons. The topological polar surface area (TPSA) is 145 Å². The van der Waals surface area contributed by atoms with E-state index in [9.17, 15) is 24.9 Å². The normalized spacial score (nSPS) is 29.0. The van der Waals surface area contributed by atoms with Gasteiger partial charge in [0.25, 0.3) is 0 Å². The van der Waals surface area contributed by atoms with Crippen LogP contribution in [-0.4, -0.2) is 68.8 Å². The number of urea groups is 1. The van der Waals surface area contributed by atoms with E-state index < -0.39 is 42.8 Å².